The highest BCUT2D eigenvalue weighted by molar-refractivity contribution is 6.43. The molecule has 3 nitrogen and oxygen atoms in total. The summed E-state index contributed by atoms with van der Waals surface area (Å²) in [7, 11) is 0. The van der Waals surface area contributed by atoms with Gasteiger partial charge in [-0.25, -0.2) is 0 Å². The Morgan fingerprint density at radius 2 is 1.86 bits per heavy atom. The summed E-state index contributed by atoms with van der Waals surface area (Å²) in [6, 6.07) is 5.91. The molecule has 122 valence electrons. The third-order valence-electron chi connectivity index (χ3n) is 4.56. The molecule has 1 aliphatic heterocycles. The molecule has 22 heavy (non-hydrogen) atoms. The Morgan fingerprint density at radius 1 is 1.14 bits per heavy atom. The Morgan fingerprint density at radius 3 is 2.50 bits per heavy atom. The van der Waals surface area contributed by atoms with Gasteiger partial charge in [0.05, 0.1) is 15.6 Å². The highest BCUT2D eigenvalue weighted by atomic mass is 35.5. The van der Waals surface area contributed by atoms with Crippen LogP contribution in [0.5, 0.6) is 0 Å². The lowest BCUT2D eigenvalue weighted by Crippen LogP contribution is -2.47. The smallest absolute Gasteiger partial charge is 0.255 e. The number of halogens is 3. The van der Waals surface area contributed by atoms with Gasteiger partial charge in [0, 0.05) is 18.6 Å². The number of hydrogen-bond donors (Lipinski definition) is 1. The van der Waals surface area contributed by atoms with Crippen LogP contribution in [0.2, 0.25) is 10.0 Å². The lowest BCUT2D eigenvalue weighted by atomic mass is 10.1. The summed E-state index contributed by atoms with van der Waals surface area (Å²) in [5.74, 6) is 0.0306. The topological polar surface area (TPSA) is 32.3 Å². The van der Waals surface area contributed by atoms with Crippen LogP contribution in [0.3, 0.4) is 0 Å². The molecule has 2 aliphatic rings. The second kappa shape index (κ2) is 7.87. The highest BCUT2D eigenvalue weighted by Gasteiger charge is 2.35. The largest absolute Gasteiger partial charge is 0.331 e. The monoisotopic (exact) mass is 362 g/mol. The third-order valence-corrected chi connectivity index (χ3v) is 5.38. The van der Waals surface area contributed by atoms with Crippen LogP contribution in [0.4, 0.5) is 0 Å². The van der Waals surface area contributed by atoms with Crippen molar-refractivity contribution in [1.29, 1.82) is 0 Å². The summed E-state index contributed by atoms with van der Waals surface area (Å²) in [6.07, 6.45) is 5.62. The molecule has 1 amide bonds. The van der Waals surface area contributed by atoms with E-state index in [1.807, 2.05) is 0 Å². The SMILES string of the molecule is Cl.O=C(c1cccc(Cl)c1Cl)N(C1CCCC1)[C@H]1CCNC1. The van der Waals surface area contributed by atoms with Gasteiger partial charge in [0.2, 0.25) is 0 Å². The number of amides is 1. The standard InChI is InChI=1S/C16H20Cl2N2O.ClH/c17-14-7-3-6-13(15(14)18)16(21)20(11-4-1-2-5-11)12-8-9-19-10-12;/h3,6-7,11-12,19H,1-2,4-5,8-10H2;1H/t12-;/m0./s1. The normalized spacial score (nSPS) is 21.6. The van der Waals surface area contributed by atoms with Crippen molar-refractivity contribution in [3.8, 4) is 0 Å². The zero-order valence-electron chi connectivity index (χ0n) is 12.4. The van der Waals surface area contributed by atoms with E-state index in [9.17, 15) is 4.79 Å². The lowest BCUT2D eigenvalue weighted by molar-refractivity contribution is 0.0595. The number of carbonyl (C=O) groups is 1. The van der Waals surface area contributed by atoms with Gasteiger partial charge in [0.15, 0.2) is 0 Å². The molecule has 1 heterocycles. The zero-order valence-corrected chi connectivity index (χ0v) is 14.7. The summed E-state index contributed by atoms with van der Waals surface area (Å²) in [4.78, 5) is 15.1. The van der Waals surface area contributed by atoms with E-state index in [1.54, 1.807) is 18.2 Å². The van der Waals surface area contributed by atoms with Crippen molar-refractivity contribution in [1.82, 2.24) is 10.2 Å². The molecule has 2 fully saturated rings. The molecule has 0 aromatic heterocycles. The van der Waals surface area contributed by atoms with Gasteiger partial charge >= 0.3 is 0 Å². The zero-order chi connectivity index (χ0) is 14.8. The molecule has 0 radical (unpaired) electrons. The molecule has 1 aliphatic carbocycles. The first kappa shape index (κ1) is 17.9. The number of hydrogen-bond acceptors (Lipinski definition) is 2. The van der Waals surface area contributed by atoms with E-state index in [0.717, 1.165) is 32.4 Å². The molecule has 1 saturated carbocycles. The van der Waals surface area contributed by atoms with Crippen molar-refractivity contribution in [3.63, 3.8) is 0 Å². The van der Waals surface area contributed by atoms with Gasteiger partial charge in [-0.05, 0) is 37.9 Å². The molecular formula is C16H21Cl3N2O. The van der Waals surface area contributed by atoms with Crippen LogP contribution in [0.25, 0.3) is 0 Å². The summed E-state index contributed by atoms with van der Waals surface area (Å²) < 4.78 is 0. The number of carbonyl (C=O) groups excluding carboxylic acids is 1. The summed E-state index contributed by atoms with van der Waals surface area (Å²) in [6.45, 7) is 1.85. The van der Waals surface area contributed by atoms with Crippen molar-refractivity contribution in [2.75, 3.05) is 13.1 Å². The van der Waals surface area contributed by atoms with Gasteiger partial charge in [-0.1, -0.05) is 42.1 Å². The second-order valence-corrected chi connectivity index (χ2v) is 6.68. The van der Waals surface area contributed by atoms with E-state index >= 15 is 0 Å². The summed E-state index contributed by atoms with van der Waals surface area (Å²) in [5, 5.41) is 4.17. The van der Waals surface area contributed by atoms with E-state index in [-0.39, 0.29) is 24.4 Å². The first-order valence-electron chi connectivity index (χ1n) is 7.66. The van der Waals surface area contributed by atoms with Crippen LogP contribution in [0, 0.1) is 0 Å². The predicted molar refractivity (Wildman–Crippen MR) is 93.4 cm³/mol. The molecule has 0 spiro atoms. The number of nitrogens with one attached hydrogen (secondary N) is 1. The molecule has 1 aromatic rings. The minimum absolute atomic E-state index is 0. The van der Waals surface area contributed by atoms with Crippen LogP contribution >= 0.6 is 35.6 Å². The molecule has 1 N–H and O–H groups in total. The van der Waals surface area contributed by atoms with Crippen LogP contribution < -0.4 is 5.32 Å². The van der Waals surface area contributed by atoms with E-state index in [4.69, 9.17) is 23.2 Å². The van der Waals surface area contributed by atoms with Crippen LogP contribution in [0.15, 0.2) is 18.2 Å². The molecule has 6 heteroatoms. The molecule has 3 rings (SSSR count). The van der Waals surface area contributed by atoms with E-state index in [2.05, 4.69) is 10.2 Å². The van der Waals surface area contributed by atoms with Gasteiger partial charge in [-0.3, -0.25) is 4.79 Å². The Labute approximate surface area is 147 Å². The number of rotatable bonds is 3. The third kappa shape index (κ3) is 3.53. The molecule has 1 atom stereocenters. The Hall–Kier alpha value is -0.480. The average molecular weight is 364 g/mol. The van der Waals surface area contributed by atoms with Crippen LogP contribution in [-0.4, -0.2) is 36.0 Å². The maximum Gasteiger partial charge on any atom is 0.255 e. The maximum atomic E-state index is 13.0. The van der Waals surface area contributed by atoms with Gasteiger partial charge in [0.1, 0.15) is 0 Å². The van der Waals surface area contributed by atoms with E-state index in [1.165, 1.54) is 12.8 Å². The molecule has 1 aromatic carbocycles. The van der Waals surface area contributed by atoms with Gasteiger partial charge in [-0.15, -0.1) is 12.4 Å². The number of benzene rings is 1. The first-order chi connectivity index (χ1) is 10.2. The fourth-order valence-electron chi connectivity index (χ4n) is 3.50. The van der Waals surface area contributed by atoms with Gasteiger partial charge in [0.25, 0.3) is 5.91 Å². The fourth-order valence-corrected chi connectivity index (χ4v) is 3.88. The lowest BCUT2D eigenvalue weighted by Gasteiger charge is -2.34. The molecule has 0 unspecified atom stereocenters. The molecular weight excluding hydrogens is 343 g/mol. The minimum Gasteiger partial charge on any atom is -0.331 e. The summed E-state index contributed by atoms with van der Waals surface area (Å²) >= 11 is 12.3. The maximum absolute atomic E-state index is 13.0. The predicted octanol–water partition coefficient (Wildman–Crippen LogP) is 4.16. The summed E-state index contributed by atoms with van der Waals surface area (Å²) in [5.41, 5.74) is 0.531. The quantitative estimate of drug-likeness (QED) is 0.874. The minimum atomic E-state index is 0. The van der Waals surface area contributed by atoms with E-state index < -0.39 is 0 Å². The first-order valence-corrected chi connectivity index (χ1v) is 8.41. The number of nitrogens with zero attached hydrogens (tertiary/aromatic N) is 1. The Kier molecular flexibility index (Phi) is 6.39. The Balaban J connectivity index is 0.00000176. The van der Waals surface area contributed by atoms with Gasteiger partial charge < -0.3 is 10.2 Å². The van der Waals surface area contributed by atoms with E-state index in [0.29, 0.717) is 21.7 Å². The molecule has 1 saturated heterocycles. The van der Waals surface area contributed by atoms with Crippen LogP contribution in [0.1, 0.15) is 42.5 Å². The van der Waals surface area contributed by atoms with Gasteiger partial charge in [-0.2, -0.15) is 0 Å². The highest BCUT2D eigenvalue weighted by Crippen LogP contribution is 2.32. The van der Waals surface area contributed by atoms with Crippen molar-refractivity contribution < 1.29 is 4.79 Å². The van der Waals surface area contributed by atoms with Crippen molar-refractivity contribution in [3.05, 3.63) is 33.8 Å². The fraction of sp³-hybridized carbons (Fsp3) is 0.562. The Bertz CT molecular complexity index is 510. The van der Waals surface area contributed by atoms with Crippen molar-refractivity contribution in [2.45, 2.75) is 44.2 Å². The van der Waals surface area contributed by atoms with Crippen LogP contribution in [-0.2, 0) is 0 Å². The average Bonchev–Trinajstić information content (AvgIpc) is 3.16. The second-order valence-electron chi connectivity index (χ2n) is 5.90. The van der Waals surface area contributed by atoms with Crippen molar-refractivity contribution >= 4 is 41.5 Å². The molecule has 0 bridgehead atoms. The van der Waals surface area contributed by atoms with Crippen molar-refractivity contribution in [2.24, 2.45) is 0 Å².